The van der Waals surface area contributed by atoms with Gasteiger partial charge < -0.3 is 4.74 Å². The van der Waals surface area contributed by atoms with Crippen molar-refractivity contribution in [1.82, 2.24) is 5.54 Å². The fourth-order valence-corrected chi connectivity index (χ4v) is 0.629. The largest absolute Gasteiger partial charge is 0.382 e. The first-order valence-electron chi connectivity index (χ1n) is 3.70. The lowest BCUT2D eigenvalue weighted by molar-refractivity contribution is -0.129. The van der Waals surface area contributed by atoms with Gasteiger partial charge in [-0.2, -0.15) is 5.54 Å². The Bertz CT molecular complexity index is 119. The van der Waals surface area contributed by atoms with Gasteiger partial charge in [0.2, 0.25) is 0 Å². The predicted octanol–water partition coefficient (Wildman–Crippen LogP) is 1.05. The molecule has 0 saturated carbocycles. The van der Waals surface area contributed by atoms with E-state index in [9.17, 15) is 9.28 Å². The molecular weight excluding hydrogens is 149 g/mol. The van der Waals surface area contributed by atoms with E-state index in [0.29, 0.717) is 19.6 Å². The number of nitrogens with one attached hydrogen (secondary N) is 1. The van der Waals surface area contributed by atoms with Crippen LogP contribution in [0.25, 0.3) is 0 Å². The number of hydrogen-bond acceptors (Lipinski definition) is 2. The van der Waals surface area contributed by atoms with Crippen LogP contribution in [0.15, 0.2) is 0 Å². The van der Waals surface area contributed by atoms with E-state index < -0.39 is 5.91 Å². The lowest BCUT2D eigenvalue weighted by Crippen LogP contribution is -2.23. The molecule has 0 fully saturated rings. The van der Waals surface area contributed by atoms with Crippen molar-refractivity contribution in [2.45, 2.75) is 20.3 Å². The minimum atomic E-state index is -0.579. The van der Waals surface area contributed by atoms with Crippen LogP contribution in [0.1, 0.15) is 20.3 Å². The van der Waals surface area contributed by atoms with Crippen LogP contribution >= 0.6 is 0 Å². The third-order valence-electron chi connectivity index (χ3n) is 1.44. The molecule has 0 aromatic carbocycles. The number of halogens is 1. The topological polar surface area (TPSA) is 38.3 Å². The average molecular weight is 163 g/mol. The highest BCUT2D eigenvalue weighted by molar-refractivity contribution is 5.76. The van der Waals surface area contributed by atoms with Crippen molar-refractivity contribution in [3.63, 3.8) is 0 Å². The van der Waals surface area contributed by atoms with Gasteiger partial charge in [0.1, 0.15) is 0 Å². The summed E-state index contributed by atoms with van der Waals surface area (Å²) in [5, 5.41) is 0. The number of rotatable bonds is 5. The third-order valence-corrected chi connectivity index (χ3v) is 1.44. The summed E-state index contributed by atoms with van der Waals surface area (Å²) in [6, 6.07) is 0. The molecular formula is C7H14FNO2. The van der Waals surface area contributed by atoms with Crippen LogP contribution in [0, 0.1) is 5.92 Å². The summed E-state index contributed by atoms with van der Waals surface area (Å²) in [6.45, 7) is 4.67. The zero-order valence-electron chi connectivity index (χ0n) is 6.89. The summed E-state index contributed by atoms with van der Waals surface area (Å²) >= 11 is 0. The van der Waals surface area contributed by atoms with Gasteiger partial charge in [-0.15, -0.1) is 4.48 Å². The summed E-state index contributed by atoms with van der Waals surface area (Å²) in [5.74, 6) is -0.892. The maximum absolute atomic E-state index is 11.5. The molecule has 0 bridgehead atoms. The summed E-state index contributed by atoms with van der Waals surface area (Å²) in [6.07, 6.45) is 0.559. The molecule has 1 N–H and O–H groups in total. The molecule has 0 aliphatic heterocycles. The van der Waals surface area contributed by atoms with Crippen LogP contribution in [-0.4, -0.2) is 19.1 Å². The first-order valence-corrected chi connectivity index (χ1v) is 3.70. The molecule has 0 rings (SSSR count). The minimum absolute atomic E-state index is 0.313. The van der Waals surface area contributed by atoms with Crippen molar-refractivity contribution < 1.29 is 14.0 Å². The highest BCUT2D eigenvalue weighted by Gasteiger charge is 2.11. The number of ether oxygens (including phenoxy) is 1. The predicted molar refractivity (Wildman–Crippen MR) is 39.5 cm³/mol. The molecule has 0 spiro atoms. The van der Waals surface area contributed by atoms with Crippen LogP contribution in [0.4, 0.5) is 4.48 Å². The number of carbonyl (C=O) groups excluding carboxylic acids is 1. The minimum Gasteiger partial charge on any atom is -0.382 e. The fourth-order valence-electron chi connectivity index (χ4n) is 0.629. The number of hydrogen-bond donors (Lipinski definition) is 1. The molecule has 11 heavy (non-hydrogen) atoms. The van der Waals surface area contributed by atoms with Crippen molar-refractivity contribution in [1.29, 1.82) is 0 Å². The van der Waals surface area contributed by atoms with Crippen LogP contribution in [0.3, 0.4) is 0 Å². The fraction of sp³-hybridized carbons (Fsp3) is 0.857. The Balaban J connectivity index is 3.36. The smallest absolute Gasteiger partial charge is 0.250 e. The molecule has 0 saturated heterocycles. The molecule has 0 aromatic heterocycles. The van der Waals surface area contributed by atoms with Crippen LogP contribution < -0.4 is 5.54 Å². The van der Waals surface area contributed by atoms with Gasteiger partial charge in [-0.25, -0.2) is 0 Å². The lowest BCUT2D eigenvalue weighted by Gasteiger charge is -2.06. The summed E-state index contributed by atoms with van der Waals surface area (Å²) in [5.41, 5.74) is 1.10. The molecule has 0 aromatic rings. The standard InChI is InChI=1S/C7H14FNO2/c1-3-11-5-4-6(2)7(10)9-8/h6H,3-5H2,1-2H3,(H,9,10). The van der Waals surface area contributed by atoms with Gasteiger partial charge in [-0.05, 0) is 13.3 Å². The summed E-state index contributed by atoms with van der Waals surface area (Å²) in [4.78, 5) is 10.6. The molecule has 4 heteroatoms. The Morgan fingerprint density at radius 3 is 2.82 bits per heavy atom. The van der Waals surface area contributed by atoms with Crippen molar-refractivity contribution in [3.8, 4) is 0 Å². The van der Waals surface area contributed by atoms with E-state index >= 15 is 0 Å². The van der Waals surface area contributed by atoms with Crippen molar-refractivity contribution in [2.24, 2.45) is 5.92 Å². The Morgan fingerprint density at radius 1 is 1.73 bits per heavy atom. The molecule has 3 nitrogen and oxygen atoms in total. The number of carbonyl (C=O) groups is 1. The molecule has 1 unspecified atom stereocenters. The molecule has 0 radical (unpaired) electrons. The lowest BCUT2D eigenvalue weighted by atomic mass is 10.1. The van der Waals surface area contributed by atoms with Crippen molar-refractivity contribution >= 4 is 5.91 Å². The second-order valence-electron chi connectivity index (χ2n) is 2.35. The van der Waals surface area contributed by atoms with Crippen molar-refractivity contribution in [3.05, 3.63) is 0 Å². The Hall–Kier alpha value is -0.640. The Labute approximate surface area is 65.9 Å². The van der Waals surface area contributed by atoms with E-state index in [-0.39, 0.29) is 5.92 Å². The average Bonchev–Trinajstić information content (AvgIpc) is 2.03. The number of amides is 1. The molecule has 0 heterocycles. The third kappa shape index (κ3) is 4.72. The van der Waals surface area contributed by atoms with Gasteiger partial charge in [-0.3, -0.25) is 4.79 Å². The van der Waals surface area contributed by atoms with E-state index in [1.807, 2.05) is 6.92 Å². The maximum atomic E-state index is 11.5. The van der Waals surface area contributed by atoms with Gasteiger partial charge >= 0.3 is 0 Å². The summed E-state index contributed by atoms with van der Waals surface area (Å²) in [7, 11) is 0. The molecule has 0 aliphatic carbocycles. The van der Waals surface area contributed by atoms with Crippen LogP contribution in [0.5, 0.6) is 0 Å². The van der Waals surface area contributed by atoms with Crippen LogP contribution in [-0.2, 0) is 9.53 Å². The second-order valence-corrected chi connectivity index (χ2v) is 2.35. The molecule has 66 valence electrons. The first-order chi connectivity index (χ1) is 5.22. The zero-order chi connectivity index (χ0) is 8.69. The van der Waals surface area contributed by atoms with Gasteiger partial charge in [0.25, 0.3) is 5.91 Å². The SMILES string of the molecule is CCOCCC(C)C(=O)NF. The highest BCUT2D eigenvalue weighted by atomic mass is 19.2. The van der Waals surface area contributed by atoms with Gasteiger partial charge in [-0.1, -0.05) is 6.92 Å². The van der Waals surface area contributed by atoms with E-state index in [2.05, 4.69) is 0 Å². The molecule has 1 atom stereocenters. The monoisotopic (exact) mass is 163 g/mol. The van der Waals surface area contributed by atoms with Gasteiger partial charge in [0, 0.05) is 19.1 Å². The van der Waals surface area contributed by atoms with Crippen LogP contribution in [0.2, 0.25) is 0 Å². The Kier molecular flexibility index (Phi) is 5.74. The quantitative estimate of drug-likeness (QED) is 0.486. The van der Waals surface area contributed by atoms with E-state index in [4.69, 9.17) is 4.74 Å². The molecule has 0 aliphatic rings. The van der Waals surface area contributed by atoms with Crippen molar-refractivity contribution in [2.75, 3.05) is 13.2 Å². The first kappa shape index (κ1) is 10.4. The summed E-state index contributed by atoms with van der Waals surface area (Å²) < 4.78 is 16.5. The van der Waals surface area contributed by atoms with E-state index in [0.717, 1.165) is 5.54 Å². The maximum Gasteiger partial charge on any atom is 0.250 e. The van der Waals surface area contributed by atoms with E-state index in [1.165, 1.54) is 0 Å². The highest BCUT2D eigenvalue weighted by Crippen LogP contribution is 2.01. The Morgan fingerprint density at radius 2 is 2.36 bits per heavy atom. The second kappa shape index (κ2) is 6.09. The van der Waals surface area contributed by atoms with Gasteiger partial charge in [0.15, 0.2) is 0 Å². The zero-order valence-corrected chi connectivity index (χ0v) is 6.89. The van der Waals surface area contributed by atoms with Gasteiger partial charge in [0.05, 0.1) is 0 Å². The van der Waals surface area contributed by atoms with E-state index in [1.54, 1.807) is 6.92 Å². The molecule has 1 amide bonds. The normalized spacial score (nSPS) is 12.6.